The van der Waals surface area contributed by atoms with Crippen LogP contribution in [0.4, 0.5) is 0 Å². The van der Waals surface area contributed by atoms with E-state index in [1.54, 1.807) is 23.5 Å². The lowest BCUT2D eigenvalue weighted by molar-refractivity contribution is -0.132. The zero-order valence-corrected chi connectivity index (χ0v) is 17.8. The van der Waals surface area contributed by atoms with Gasteiger partial charge in [-0.2, -0.15) is 0 Å². The Hall–Kier alpha value is -1.92. The van der Waals surface area contributed by atoms with Crippen molar-refractivity contribution in [1.82, 2.24) is 9.80 Å². The SMILES string of the molecule is Cc1cccc([C@@H]2SCC(=O)N2CCN2C(=O)CS[C@H]2c2cccc(C)c2)c1. The third-order valence-corrected chi connectivity index (χ3v) is 7.68. The van der Waals surface area contributed by atoms with E-state index in [9.17, 15) is 9.59 Å². The first kappa shape index (κ1) is 19.4. The monoisotopic (exact) mass is 412 g/mol. The van der Waals surface area contributed by atoms with Crippen LogP contribution in [0.1, 0.15) is 33.0 Å². The van der Waals surface area contributed by atoms with Gasteiger partial charge in [0, 0.05) is 13.1 Å². The Labute approximate surface area is 174 Å². The molecule has 0 saturated carbocycles. The summed E-state index contributed by atoms with van der Waals surface area (Å²) in [5.74, 6) is 1.32. The topological polar surface area (TPSA) is 40.6 Å². The summed E-state index contributed by atoms with van der Waals surface area (Å²) in [6.07, 6.45) is 0. The molecule has 2 heterocycles. The van der Waals surface area contributed by atoms with Gasteiger partial charge in [0.05, 0.1) is 11.5 Å². The van der Waals surface area contributed by atoms with Gasteiger partial charge in [0.2, 0.25) is 11.8 Å². The number of thioether (sulfide) groups is 2. The van der Waals surface area contributed by atoms with Crippen molar-refractivity contribution in [2.45, 2.75) is 24.6 Å². The molecule has 0 aromatic heterocycles. The Morgan fingerprint density at radius 3 is 1.61 bits per heavy atom. The maximum absolute atomic E-state index is 12.5. The van der Waals surface area contributed by atoms with E-state index in [4.69, 9.17) is 0 Å². The first-order valence-corrected chi connectivity index (χ1v) is 11.6. The number of benzene rings is 2. The first-order valence-electron chi connectivity index (χ1n) is 9.48. The van der Waals surface area contributed by atoms with Crippen molar-refractivity contribution in [3.63, 3.8) is 0 Å². The minimum atomic E-state index is 0.0372. The zero-order valence-electron chi connectivity index (χ0n) is 16.1. The number of amides is 2. The Morgan fingerprint density at radius 1 is 0.786 bits per heavy atom. The van der Waals surface area contributed by atoms with Gasteiger partial charge >= 0.3 is 0 Å². The fourth-order valence-electron chi connectivity index (χ4n) is 3.81. The largest absolute Gasteiger partial charge is 0.324 e. The zero-order chi connectivity index (χ0) is 19.7. The quantitative estimate of drug-likeness (QED) is 0.740. The van der Waals surface area contributed by atoms with Gasteiger partial charge in [-0.05, 0) is 25.0 Å². The molecular formula is C22H24N2O2S2. The number of rotatable bonds is 5. The number of hydrogen-bond donors (Lipinski definition) is 0. The lowest BCUT2D eigenvalue weighted by atomic mass is 10.1. The van der Waals surface area contributed by atoms with Crippen LogP contribution in [0.5, 0.6) is 0 Å². The molecule has 6 heteroatoms. The van der Waals surface area contributed by atoms with Crippen molar-refractivity contribution in [1.29, 1.82) is 0 Å². The van der Waals surface area contributed by atoms with Crippen molar-refractivity contribution in [3.8, 4) is 0 Å². The molecule has 2 atom stereocenters. The standard InChI is InChI=1S/C22H24N2O2S2/c1-15-5-3-7-17(11-15)21-23(19(25)13-27-21)9-10-24-20(26)14-28-22(24)18-8-4-6-16(2)12-18/h3-8,11-12,21-22H,9-10,13-14H2,1-2H3/t21-,22-/m0/s1. The molecule has 2 amide bonds. The van der Waals surface area contributed by atoms with E-state index in [0.29, 0.717) is 24.6 Å². The van der Waals surface area contributed by atoms with E-state index < -0.39 is 0 Å². The van der Waals surface area contributed by atoms with Gasteiger partial charge in [0.1, 0.15) is 10.7 Å². The Morgan fingerprint density at radius 2 is 1.21 bits per heavy atom. The van der Waals surface area contributed by atoms with Gasteiger partial charge in [-0.25, -0.2) is 0 Å². The van der Waals surface area contributed by atoms with Crippen molar-refractivity contribution in [2.75, 3.05) is 24.6 Å². The van der Waals surface area contributed by atoms with Gasteiger partial charge in [-0.1, -0.05) is 59.7 Å². The Balaban J connectivity index is 1.50. The summed E-state index contributed by atoms with van der Waals surface area (Å²) < 4.78 is 0. The van der Waals surface area contributed by atoms with Gasteiger partial charge in [0.15, 0.2) is 0 Å². The van der Waals surface area contributed by atoms with E-state index in [-0.39, 0.29) is 22.6 Å². The molecule has 4 rings (SSSR count). The third-order valence-electron chi connectivity index (χ3n) is 5.17. The molecule has 2 fully saturated rings. The van der Waals surface area contributed by atoms with E-state index in [2.05, 4.69) is 50.2 Å². The van der Waals surface area contributed by atoms with Crippen LogP contribution in [-0.4, -0.2) is 46.2 Å². The first-order chi connectivity index (χ1) is 13.5. The van der Waals surface area contributed by atoms with E-state index in [1.807, 2.05) is 21.9 Å². The van der Waals surface area contributed by atoms with Crippen LogP contribution in [0, 0.1) is 13.8 Å². The van der Waals surface area contributed by atoms with Crippen LogP contribution < -0.4 is 0 Å². The smallest absolute Gasteiger partial charge is 0.233 e. The molecule has 0 radical (unpaired) electrons. The molecule has 146 valence electrons. The molecule has 2 aromatic carbocycles. The van der Waals surface area contributed by atoms with Crippen LogP contribution >= 0.6 is 23.5 Å². The molecule has 0 unspecified atom stereocenters. The molecule has 28 heavy (non-hydrogen) atoms. The van der Waals surface area contributed by atoms with E-state index >= 15 is 0 Å². The summed E-state index contributed by atoms with van der Waals surface area (Å²) in [7, 11) is 0. The summed E-state index contributed by atoms with van der Waals surface area (Å²) in [5.41, 5.74) is 4.72. The van der Waals surface area contributed by atoms with Crippen LogP contribution in [-0.2, 0) is 9.59 Å². The summed E-state index contributed by atoms with van der Waals surface area (Å²) in [6.45, 7) is 5.28. The summed E-state index contributed by atoms with van der Waals surface area (Å²) >= 11 is 3.34. The number of hydrogen-bond acceptors (Lipinski definition) is 4. The minimum absolute atomic E-state index is 0.0372. The molecule has 2 aromatic rings. The molecule has 2 saturated heterocycles. The number of carbonyl (C=O) groups is 2. The Bertz CT molecular complexity index is 828. The number of aryl methyl sites for hydroxylation is 2. The molecule has 2 aliphatic heterocycles. The highest BCUT2D eigenvalue weighted by Crippen LogP contribution is 2.41. The second-order valence-corrected chi connectivity index (χ2v) is 9.47. The van der Waals surface area contributed by atoms with Crippen molar-refractivity contribution < 1.29 is 9.59 Å². The van der Waals surface area contributed by atoms with Crippen LogP contribution in [0.2, 0.25) is 0 Å². The maximum atomic E-state index is 12.5. The Kier molecular flexibility index (Phi) is 5.69. The molecule has 0 aliphatic carbocycles. The highest BCUT2D eigenvalue weighted by molar-refractivity contribution is 8.00. The number of nitrogens with zero attached hydrogens (tertiary/aromatic N) is 2. The predicted octanol–water partition coefficient (Wildman–Crippen LogP) is 4.15. The lowest BCUT2D eigenvalue weighted by Crippen LogP contribution is -2.39. The van der Waals surface area contributed by atoms with Crippen molar-refractivity contribution in [3.05, 3.63) is 70.8 Å². The van der Waals surface area contributed by atoms with Gasteiger partial charge in [-0.3, -0.25) is 9.59 Å². The molecule has 0 spiro atoms. The fourth-order valence-corrected chi connectivity index (χ4v) is 6.22. The van der Waals surface area contributed by atoms with E-state index in [1.165, 1.54) is 11.1 Å². The van der Waals surface area contributed by atoms with Crippen molar-refractivity contribution >= 4 is 35.3 Å². The molecule has 0 bridgehead atoms. The second-order valence-electron chi connectivity index (χ2n) is 7.33. The summed E-state index contributed by atoms with van der Waals surface area (Å²) in [4.78, 5) is 28.9. The lowest BCUT2D eigenvalue weighted by Gasteiger charge is -2.29. The fraction of sp³-hybridized carbons (Fsp3) is 0.364. The highest BCUT2D eigenvalue weighted by atomic mass is 32.2. The second kappa shape index (κ2) is 8.21. The average Bonchev–Trinajstić information content (AvgIpc) is 3.22. The highest BCUT2D eigenvalue weighted by Gasteiger charge is 2.36. The molecular weight excluding hydrogens is 388 g/mol. The van der Waals surface area contributed by atoms with Gasteiger partial charge in [0.25, 0.3) is 0 Å². The normalized spacial score (nSPS) is 22.4. The van der Waals surface area contributed by atoms with Crippen molar-refractivity contribution in [2.24, 2.45) is 0 Å². The third kappa shape index (κ3) is 3.94. The molecule has 0 N–H and O–H groups in total. The average molecular weight is 413 g/mol. The molecule has 4 nitrogen and oxygen atoms in total. The van der Waals surface area contributed by atoms with E-state index in [0.717, 1.165) is 11.1 Å². The van der Waals surface area contributed by atoms with Crippen LogP contribution in [0.25, 0.3) is 0 Å². The summed E-state index contributed by atoms with van der Waals surface area (Å²) in [6, 6.07) is 16.7. The maximum Gasteiger partial charge on any atom is 0.233 e. The van der Waals surface area contributed by atoms with Gasteiger partial charge < -0.3 is 9.80 Å². The predicted molar refractivity (Wildman–Crippen MR) is 116 cm³/mol. The number of carbonyl (C=O) groups excluding carboxylic acids is 2. The summed E-state index contributed by atoms with van der Waals surface area (Å²) in [5, 5.41) is 0.0744. The minimum Gasteiger partial charge on any atom is -0.324 e. The van der Waals surface area contributed by atoms with Gasteiger partial charge in [-0.15, -0.1) is 23.5 Å². The molecule has 2 aliphatic rings. The van der Waals surface area contributed by atoms with Crippen LogP contribution in [0.15, 0.2) is 48.5 Å². The van der Waals surface area contributed by atoms with Crippen LogP contribution in [0.3, 0.4) is 0 Å².